The highest BCUT2D eigenvalue weighted by Crippen LogP contribution is 2.42. The Morgan fingerprint density at radius 1 is 1.33 bits per heavy atom. The number of nitrogens with zero attached hydrogens (tertiary/aromatic N) is 5. The summed E-state index contributed by atoms with van der Waals surface area (Å²) >= 11 is 2.15. The van der Waals surface area contributed by atoms with Crippen molar-refractivity contribution >= 4 is 11.8 Å². The molecule has 1 unspecified atom stereocenters. The summed E-state index contributed by atoms with van der Waals surface area (Å²) in [5.41, 5.74) is 0. The molecule has 7 heteroatoms. The minimum absolute atomic E-state index is 0.307. The molecule has 0 bridgehead atoms. The van der Waals surface area contributed by atoms with E-state index in [1.54, 1.807) is 0 Å². The molecule has 1 spiro atoms. The van der Waals surface area contributed by atoms with E-state index < -0.39 is 0 Å². The lowest BCUT2D eigenvalue weighted by Crippen LogP contribution is -2.50. The van der Waals surface area contributed by atoms with E-state index >= 15 is 0 Å². The first-order valence-electron chi connectivity index (χ1n) is 8.01. The standard InChI is InChI=1S/C14H23N5OS/c1-11(13-15-16-17-19(13)12-2-3-12)18-6-9-21-14(10-18)4-7-20-8-5-14/h11-12H,2-10H2,1H3. The third kappa shape index (κ3) is 2.71. The molecule has 1 atom stereocenters. The van der Waals surface area contributed by atoms with Crippen molar-refractivity contribution in [2.75, 3.05) is 32.1 Å². The smallest absolute Gasteiger partial charge is 0.168 e. The Labute approximate surface area is 129 Å². The monoisotopic (exact) mass is 309 g/mol. The van der Waals surface area contributed by atoms with Crippen LogP contribution in [0.5, 0.6) is 0 Å². The van der Waals surface area contributed by atoms with Crippen LogP contribution in [0.25, 0.3) is 0 Å². The molecule has 1 saturated carbocycles. The molecule has 0 aromatic carbocycles. The third-order valence-electron chi connectivity index (χ3n) is 5.01. The molecule has 2 saturated heterocycles. The number of rotatable bonds is 3. The molecule has 3 fully saturated rings. The largest absolute Gasteiger partial charge is 0.381 e. The Hall–Kier alpha value is -0.660. The van der Waals surface area contributed by atoms with E-state index in [0.717, 1.165) is 32.1 Å². The Kier molecular flexibility index (Phi) is 3.67. The minimum atomic E-state index is 0.307. The highest BCUT2D eigenvalue weighted by molar-refractivity contribution is 8.00. The Morgan fingerprint density at radius 3 is 2.90 bits per heavy atom. The highest BCUT2D eigenvalue weighted by Gasteiger charge is 2.40. The average Bonchev–Trinajstić information content (AvgIpc) is 3.24. The Balaban J connectivity index is 1.50. The molecule has 0 amide bonds. The van der Waals surface area contributed by atoms with Crippen LogP contribution in [0, 0.1) is 0 Å². The van der Waals surface area contributed by atoms with Gasteiger partial charge in [-0.3, -0.25) is 4.90 Å². The number of ether oxygens (including phenoxy) is 1. The zero-order valence-corrected chi connectivity index (χ0v) is 13.4. The molecule has 21 heavy (non-hydrogen) atoms. The summed E-state index contributed by atoms with van der Waals surface area (Å²) in [4.78, 5) is 2.58. The minimum Gasteiger partial charge on any atom is -0.381 e. The van der Waals surface area contributed by atoms with Gasteiger partial charge in [-0.25, -0.2) is 4.68 Å². The van der Waals surface area contributed by atoms with Gasteiger partial charge in [0.05, 0.1) is 12.1 Å². The summed E-state index contributed by atoms with van der Waals surface area (Å²) in [6, 6.07) is 0.856. The molecule has 4 rings (SSSR count). The van der Waals surface area contributed by atoms with Crippen LogP contribution < -0.4 is 0 Å². The van der Waals surface area contributed by atoms with Gasteiger partial charge in [0.25, 0.3) is 0 Å². The van der Waals surface area contributed by atoms with Crippen molar-refractivity contribution < 1.29 is 4.74 Å². The molecule has 1 aliphatic carbocycles. The predicted octanol–water partition coefficient (Wildman–Crippen LogP) is 1.67. The lowest BCUT2D eigenvalue weighted by molar-refractivity contribution is 0.0565. The van der Waals surface area contributed by atoms with E-state index in [0.29, 0.717) is 16.8 Å². The van der Waals surface area contributed by atoms with Crippen LogP contribution in [0.15, 0.2) is 0 Å². The summed E-state index contributed by atoms with van der Waals surface area (Å²) in [6.07, 6.45) is 4.80. The number of hydrogen-bond acceptors (Lipinski definition) is 6. The van der Waals surface area contributed by atoms with Crippen LogP contribution in [0.4, 0.5) is 0 Å². The van der Waals surface area contributed by atoms with Crippen LogP contribution in [-0.2, 0) is 4.74 Å². The third-order valence-corrected chi connectivity index (χ3v) is 6.55. The first-order chi connectivity index (χ1) is 10.3. The van der Waals surface area contributed by atoms with Gasteiger partial charge in [-0.1, -0.05) is 0 Å². The highest BCUT2D eigenvalue weighted by atomic mass is 32.2. The Bertz CT molecular complexity index is 492. The van der Waals surface area contributed by atoms with Gasteiger partial charge in [-0.05, 0) is 43.0 Å². The van der Waals surface area contributed by atoms with Gasteiger partial charge in [0.2, 0.25) is 0 Å². The maximum Gasteiger partial charge on any atom is 0.168 e. The molecule has 6 nitrogen and oxygen atoms in total. The fraction of sp³-hybridized carbons (Fsp3) is 0.929. The van der Waals surface area contributed by atoms with E-state index in [-0.39, 0.29) is 0 Å². The molecule has 3 heterocycles. The molecule has 1 aromatic rings. The van der Waals surface area contributed by atoms with Crippen molar-refractivity contribution in [3.8, 4) is 0 Å². The fourth-order valence-electron chi connectivity index (χ4n) is 3.47. The van der Waals surface area contributed by atoms with E-state index in [2.05, 4.69) is 43.8 Å². The molecule has 2 aliphatic heterocycles. The van der Waals surface area contributed by atoms with Crippen molar-refractivity contribution in [1.29, 1.82) is 0 Å². The van der Waals surface area contributed by atoms with Crippen molar-refractivity contribution in [2.24, 2.45) is 0 Å². The van der Waals surface area contributed by atoms with Gasteiger partial charge in [0.1, 0.15) is 0 Å². The Morgan fingerprint density at radius 2 is 2.14 bits per heavy atom. The topological polar surface area (TPSA) is 56.1 Å². The quantitative estimate of drug-likeness (QED) is 0.846. The maximum atomic E-state index is 5.56. The molecule has 0 N–H and O–H groups in total. The van der Waals surface area contributed by atoms with Gasteiger partial charge in [0, 0.05) is 36.8 Å². The molecule has 0 radical (unpaired) electrons. The lowest BCUT2D eigenvalue weighted by Gasteiger charge is -2.46. The lowest BCUT2D eigenvalue weighted by atomic mass is 9.97. The molecule has 116 valence electrons. The number of aromatic nitrogens is 4. The first-order valence-corrected chi connectivity index (χ1v) is 8.99. The number of tetrazole rings is 1. The second kappa shape index (κ2) is 5.52. The molecular formula is C14H23N5OS. The van der Waals surface area contributed by atoms with Crippen molar-refractivity contribution in [2.45, 2.75) is 49.4 Å². The van der Waals surface area contributed by atoms with Crippen LogP contribution in [0.1, 0.15) is 50.5 Å². The normalized spacial score (nSPS) is 27.9. The number of thioether (sulfide) groups is 1. The van der Waals surface area contributed by atoms with Gasteiger partial charge >= 0.3 is 0 Å². The van der Waals surface area contributed by atoms with Crippen LogP contribution >= 0.6 is 11.8 Å². The van der Waals surface area contributed by atoms with Crippen molar-refractivity contribution in [1.82, 2.24) is 25.1 Å². The van der Waals surface area contributed by atoms with Gasteiger partial charge < -0.3 is 4.74 Å². The number of hydrogen-bond donors (Lipinski definition) is 0. The summed E-state index contributed by atoms with van der Waals surface area (Å²) in [6.45, 7) is 6.35. The molecule has 3 aliphatic rings. The summed E-state index contributed by atoms with van der Waals surface area (Å²) in [5, 5.41) is 12.4. The van der Waals surface area contributed by atoms with Crippen LogP contribution in [0.2, 0.25) is 0 Å². The first kappa shape index (κ1) is 14.0. The summed E-state index contributed by atoms with van der Waals surface area (Å²) in [7, 11) is 0. The fourth-order valence-corrected chi connectivity index (χ4v) is 4.94. The second-order valence-corrected chi connectivity index (χ2v) is 8.07. The van der Waals surface area contributed by atoms with E-state index in [9.17, 15) is 0 Å². The van der Waals surface area contributed by atoms with Crippen molar-refractivity contribution in [3.63, 3.8) is 0 Å². The predicted molar refractivity (Wildman–Crippen MR) is 81.3 cm³/mol. The SMILES string of the molecule is CC(c1nnnn1C1CC1)N1CCSC2(CCOCC2)C1. The summed E-state index contributed by atoms with van der Waals surface area (Å²) in [5.74, 6) is 2.25. The molecule has 1 aromatic heterocycles. The maximum absolute atomic E-state index is 5.56. The van der Waals surface area contributed by atoms with E-state index in [1.165, 1.54) is 31.4 Å². The van der Waals surface area contributed by atoms with Crippen LogP contribution in [-0.4, -0.2) is 61.9 Å². The zero-order chi connectivity index (χ0) is 14.3. The van der Waals surface area contributed by atoms with Gasteiger partial charge in [-0.15, -0.1) is 5.10 Å². The van der Waals surface area contributed by atoms with Crippen LogP contribution in [0.3, 0.4) is 0 Å². The van der Waals surface area contributed by atoms with E-state index in [1.807, 2.05) is 0 Å². The van der Waals surface area contributed by atoms with Gasteiger partial charge in [0.15, 0.2) is 5.82 Å². The zero-order valence-electron chi connectivity index (χ0n) is 12.6. The van der Waals surface area contributed by atoms with Gasteiger partial charge in [-0.2, -0.15) is 11.8 Å². The van der Waals surface area contributed by atoms with E-state index in [4.69, 9.17) is 4.74 Å². The summed E-state index contributed by atoms with van der Waals surface area (Å²) < 4.78 is 8.01. The second-order valence-electron chi connectivity index (χ2n) is 6.50. The van der Waals surface area contributed by atoms with Crippen molar-refractivity contribution in [3.05, 3.63) is 5.82 Å². The molecular weight excluding hydrogens is 286 g/mol. The average molecular weight is 309 g/mol.